The summed E-state index contributed by atoms with van der Waals surface area (Å²) in [5.74, 6) is -1.46. The molecule has 2 rings (SSSR count). The summed E-state index contributed by atoms with van der Waals surface area (Å²) >= 11 is 8.88. The standard InChI is InChI=1S/C11H11BrClF3N2O2S/c12-8-5-9(10(13)17-6-8)21(19,20)18-3-1-7(2-4-18)11(14,15)16/h5-7H,1-4H2. The molecule has 4 nitrogen and oxygen atoms in total. The van der Waals surface area contributed by atoms with E-state index in [1.54, 1.807) is 0 Å². The van der Waals surface area contributed by atoms with Gasteiger partial charge in [0.2, 0.25) is 10.0 Å². The molecular formula is C11H11BrClF3N2O2S. The second-order valence-corrected chi connectivity index (χ2v) is 7.84. The Morgan fingerprint density at radius 3 is 2.43 bits per heavy atom. The van der Waals surface area contributed by atoms with Crippen LogP contribution in [0.15, 0.2) is 21.6 Å². The second-order valence-electron chi connectivity index (χ2n) is 4.66. The Morgan fingerprint density at radius 2 is 1.90 bits per heavy atom. The Balaban J connectivity index is 2.21. The maximum absolute atomic E-state index is 12.6. The summed E-state index contributed by atoms with van der Waals surface area (Å²) in [6.07, 6.45) is -3.44. The summed E-state index contributed by atoms with van der Waals surface area (Å²) < 4.78 is 64.1. The largest absolute Gasteiger partial charge is 0.391 e. The van der Waals surface area contributed by atoms with Crippen LogP contribution in [0.25, 0.3) is 0 Å². The summed E-state index contributed by atoms with van der Waals surface area (Å²) in [6.45, 7) is -0.370. The first-order valence-corrected chi connectivity index (χ1v) is 8.61. The summed E-state index contributed by atoms with van der Waals surface area (Å²) in [4.78, 5) is 3.52. The highest BCUT2D eigenvalue weighted by Crippen LogP contribution is 2.36. The van der Waals surface area contributed by atoms with Crippen LogP contribution in [0.3, 0.4) is 0 Å². The van der Waals surface area contributed by atoms with Crippen LogP contribution in [-0.4, -0.2) is 37.0 Å². The Hall–Kier alpha value is -0.380. The lowest BCUT2D eigenvalue weighted by atomic mass is 9.98. The molecule has 21 heavy (non-hydrogen) atoms. The number of rotatable bonds is 2. The zero-order valence-electron chi connectivity index (χ0n) is 10.6. The molecule has 118 valence electrons. The highest BCUT2D eigenvalue weighted by Gasteiger charge is 2.43. The zero-order chi connectivity index (χ0) is 15.8. The van der Waals surface area contributed by atoms with E-state index in [0.717, 1.165) is 4.31 Å². The van der Waals surface area contributed by atoms with Crippen LogP contribution in [0.2, 0.25) is 5.15 Å². The first-order valence-electron chi connectivity index (χ1n) is 6.00. The van der Waals surface area contributed by atoms with Crippen molar-refractivity contribution in [2.45, 2.75) is 23.9 Å². The highest BCUT2D eigenvalue weighted by atomic mass is 79.9. The van der Waals surface area contributed by atoms with Gasteiger partial charge in [0.1, 0.15) is 10.0 Å². The third-order valence-corrected chi connectivity index (χ3v) is 6.07. The number of piperidine rings is 1. The van der Waals surface area contributed by atoms with Gasteiger partial charge in [-0.3, -0.25) is 0 Å². The van der Waals surface area contributed by atoms with Gasteiger partial charge in [-0.2, -0.15) is 17.5 Å². The van der Waals surface area contributed by atoms with Crippen molar-refractivity contribution in [3.63, 3.8) is 0 Å². The highest BCUT2D eigenvalue weighted by molar-refractivity contribution is 9.10. The van der Waals surface area contributed by atoms with E-state index >= 15 is 0 Å². The van der Waals surface area contributed by atoms with Crippen LogP contribution in [0.5, 0.6) is 0 Å². The molecule has 0 radical (unpaired) electrons. The first-order chi connectivity index (χ1) is 9.62. The van der Waals surface area contributed by atoms with Crippen molar-refractivity contribution in [2.75, 3.05) is 13.1 Å². The summed E-state index contributed by atoms with van der Waals surface area (Å²) in [5.41, 5.74) is 0. The number of pyridine rings is 1. The van der Waals surface area contributed by atoms with Gasteiger partial charge >= 0.3 is 6.18 Å². The third-order valence-electron chi connectivity index (χ3n) is 3.31. The smallest absolute Gasteiger partial charge is 0.242 e. The Kier molecular flexibility index (Phi) is 4.87. The molecule has 10 heteroatoms. The van der Waals surface area contributed by atoms with E-state index in [1.807, 2.05) is 0 Å². The molecule has 1 aromatic heterocycles. The molecule has 1 aliphatic rings. The Morgan fingerprint density at radius 1 is 1.33 bits per heavy atom. The summed E-state index contributed by atoms with van der Waals surface area (Å²) in [7, 11) is -3.94. The molecule has 0 spiro atoms. The van der Waals surface area contributed by atoms with Crippen LogP contribution < -0.4 is 0 Å². The van der Waals surface area contributed by atoms with E-state index in [9.17, 15) is 21.6 Å². The predicted octanol–water partition coefficient (Wildman–Crippen LogP) is 3.46. The molecule has 0 aromatic carbocycles. The normalized spacial score (nSPS) is 18.9. The van der Waals surface area contributed by atoms with Gasteiger partial charge in [-0.05, 0) is 34.8 Å². The first kappa shape index (κ1) is 17.0. The average molecular weight is 408 g/mol. The lowest BCUT2D eigenvalue weighted by Gasteiger charge is -2.32. The van der Waals surface area contributed by atoms with Gasteiger partial charge in [0, 0.05) is 23.8 Å². The molecule has 1 saturated heterocycles. The van der Waals surface area contributed by atoms with Crippen LogP contribution in [-0.2, 0) is 10.0 Å². The van der Waals surface area contributed by atoms with E-state index in [-0.39, 0.29) is 36.0 Å². The quantitative estimate of drug-likeness (QED) is 0.706. The maximum atomic E-state index is 12.6. The van der Waals surface area contributed by atoms with Gasteiger partial charge in [0.05, 0.1) is 5.92 Å². The van der Waals surface area contributed by atoms with Gasteiger partial charge in [0.25, 0.3) is 0 Å². The number of nitrogens with zero attached hydrogens (tertiary/aromatic N) is 2. The van der Waals surface area contributed by atoms with Crippen molar-refractivity contribution in [3.05, 3.63) is 21.9 Å². The molecule has 0 bridgehead atoms. The van der Waals surface area contributed by atoms with Crippen molar-refractivity contribution < 1.29 is 21.6 Å². The molecule has 0 unspecified atom stereocenters. The number of aromatic nitrogens is 1. The van der Waals surface area contributed by atoms with E-state index < -0.39 is 22.1 Å². The fourth-order valence-electron chi connectivity index (χ4n) is 2.15. The molecule has 1 aromatic rings. The zero-order valence-corrected chi connectivity index (χ0v) is 13.7. The van der Waals surface area contributed by atoms with Crippen molar-refractivity contribution in [1.82, 2.24) is 9.29 Å². The monoisotopic (exact) mass is 406 g/mol. The Bertz CT molecular complexity index is 631. The number of sulfonamides is 1. The molecule has 0 saturated carbocycles. The summed E-state index contributed by atoms with van der Waals surface area (Å²) in [6, 6.07) is 1.29. The van der Waals surface area contributed by atoms with Crippen LogP contribution in [0.4, 0.5) is 13.2 Å². The van der Waals surface area contributed by atoms with E-state index in [1.165, 1.54) is 12.3 Å². The third kappa shape index (κ3) is 3.69. The van der Waals surface area contributed by atoms with Crippen molar-refractivity contribution in [3.8, 4) is 0 Å². The van der Waals surface area contributed by atoms with Crippen molar-refractivity contribution in [2.24, 2.45) is 5.92 Å². The average Bonchev–Trinajstić information content (AvgIpc) is 2.40. The van der Waals surface area contributed by atoms with Crippen LogP contribution >= 0.6 is 27.5 Å². The van der Waals surface area contributed by atoms with E-state index in [2.05, 4.69) is 20.9 Å². The fourth-order valence-corrected chi connectivity index (χ4v) is 4.54. The molecular weight excluding hydrogens is 397 g/mol. The molecule has 0 N–H and O–H groups in total. The minimum absolute atomic E-state index is 0.185. The molecule has 1 fully saturated rings. The second kappa shape index (κ2) is 6.02. The predicted molar refractivity (Wildman–Crippen MR) is 74.5 cm³/mol. The minimum atomic E-state index is -4.29. The van der Waals surface area contributed by atoms with E-state index in [0.29, 0.717) is 4.47 Å². The lowest BCUT2D eigenvalue weighted by Crippen LogP contribution is -2.42. The van der Waals surface area contributed by atoms with Gasteiger partial charge in [-0.1, -0.05) is 11.6 Å². The van der Waals surface area contributed by atoms with Crippen molar-refractivity contribution >= 4 is 37.6 Å². The number of alkyl halides is 3. The van der Waals surface area contributed by atoms with Gasteiger partial charge in [-0.25, -0.2) is 13.4 Å². The number of hydrogen-bond donors (Lipinski definition) is 0. The van der Waals surface area contributed by atoms with Crippen molar-refractivity contribution in [1.29, 1.82) is 0 Å². The number of hydrogen-bond acceptors (Lipinski definition) is 3. The minimum Gasteiger partial charge on any atom is -0.242 e. The Labute approximate surface area is 133 Å². The summed E-state index contributed by atoms with van der Waals surface area (Å²) in [5, 5.41) is -0.198. The SMILES string of the molecule is O=S(=O)(c1cc(Br)cnc1Cl)N1CCC(C(F)(F)F)CC1. The molecule has 0 aliphatic carbocycles. The van der Waals surface area contributed by atoms with E-state index in [4.69, 9.17) is 11.6 Å². The topological polar surface area (TPSA) is 50.3 Å². The molecule has 2 heterocycles. The maximum Gasteiger partial charge on any atom is 0.391 e. The van der Waals surface area contributed by atoms with Crippen LogP contribution in [0, 0.1) is 5.92 Å². The van der Waals surface area contributed by atoms with Gasteiger partial charge in [-0.15, -0.1) is 0 Å². The lowest BCUT2D eigenvalue weighted by molar-refractivity contribution is -0.182. The number of halogens is 5. The molecule has 0 amide bonds. The fraction of sp³-hybridized carbons (Fsp3) is 0.545. The van der Waals surface area contributed by atoms with Crippen LogP contribution in [0.1, 0.15) is 12.8 Å². The molecule has 1 aliphatic heterocycles. The van der Waals surface area contributed by atoms with Gasteiger partial charge < -0.3 is 0 Å². The van der Waals surface area contributed by atoms with Gasteiger partial charge in [0.15, 0.2) is 0 Å². The molecule has 0 atom stereocenters.